The minimum atomic E-state index is -0.264. The second kappa shape index (κ2) is 3.47. The molecule has 0 aromatic rings. The van der Waals surface area contributed by atoms with Crippen LogP contribution in [0.25, 0.3) is 0 Å². The van der Waals surface area contributed by atoms with Gasteiger partial charge in [-0.2, -0.15) is 11.8 Å². The fourth-order valence-corrected chi connectivity index (χ4v) is 4.02. The molecule has 2 saturated carbocycles. The van der Waals surface area contributed by atoms with Gasteiger partial charge in [0.1, 0.15) is 0 Å². The first-order chi connectivity index (χ1) is 6.21. The third kappa shape index (κ3) is 1.42. The minimum Gasteiger partial charge on any atom is -0.389 e. The van der Waals surface area contributed by atoms with E-state index in [1.54, 1.807) is 0 Å². The molecule has 2 aliphatic rings. The van der Waals surface area contributed by atoms with E-state index in [0.717, 1.165) is 5.75 Å². The van der Waals surface area contributed by atoms with Crippen molar-refractivity contribution >= 4 is 11.8 Å². The quantitative estimate of drug-likeness (QED) is 0.755. The molecule has 0 amide bonds. The molecule has 0 spiro atoms. The number of hydrogen-bond acceptors (Lipinski definition) is 2. The average molecular weight is 200 g/mol. The van der Waals surface area contributed by atoms with Crippen LogP contribution in [0, 0.1) is 17.8 Å². The van der Waals surface area contributed by atoms with E-state index in [1.165, 1.54) is 25.7 Å². The summed E-state index contributed by atoms with van der Waals surface area (Å²) in [6, 6.07) is 0. The summed E-state index contributed by atoms with van der Waals surface area (Å²) in [5, 5.41) is 10.5. The summed E-state index contributed by atoms with van der Waals surface area (Å²) in [6.07, 6.45) is 7.37. The van der Waals surface area contributed by atoms with Gasteiger partial charge in [0.25, 0.3) is 0 Å². The Hall–Kier alpha value is 0.310. The Morgan fingerprint density at radius 1 is 1.38 bits per heavy atom. The van der Waals surface area contributed by atoms with Crippen molar-refractivity contribution in [3.63, 3.8) is 0 Å². The molecular formula is C11H20OS. The molecule has 0 aromatic heterocycles. The van der Waals surface area contributed by atoms with Crippen molar-refractivity contribution in [2.24, 2.45) is 17.8 Å². The molecule has 2 heteroatoms. The summed E-state index contributed by atoms with van der Waals surface area (Å²) in [6.45, 7) is 2.22. The van der Waals surface area contributed by atoms with Crippen molar-refractivity contribution in [3.8, 4) is 0 Å². The van der Waals surface area contributed by atoms with Crippen molar-refractivity contribution in [2.75, 3.05) is 12.0 Å². The van der Waals surface area contributed by atoms with E-state index >= 15 is 0 Å². The Bertz CT molecular complexity index is 181. The summed E-state index contributed by atoms with van der Waals surface area (Å²) < 4.78 is 0. The van der Waals surface area contributed by atoms with Crippen LogP contribution in [0.5, 0.6) is 0 Å². The van der Waals surface area contributed by atoms with E-state index in [9.17, 15) is 5.11 Å². The Balaban J connectivity index is 1.98. The van der Waals surface area contributed by atoms with E-state index in [-0.39, 0.29) is 5.60 Å². The van der Waals surface area contributed by atoms with E-state index in [2.05, 4.69) is 13.2 Å². The van der Waals surface area contributed by atoms with Gasteiger partial charge in [-0.25, -0.2) is 0 Å². The summed E-state index contributed by atoms with van der Waals surface area (Å²) in [5.41, 5.74) is -0.264. The van der Waals surface area contributed by atoms with Gasteiger partial charge in [0, 0.05) is 0 Å². The van der Waals surface area contributed by atoms with Crippen LogP contribution in [-0.4, -0.2) is 22.7 Å². The van der Waals surface area contributed by atoms with Gasteiger partial charge in [0.2, 0.25) is 0 Å². The smallest absolute Gasteiger partial charge is 0.0744 e. The lowest BCUT2D eigenvalue weighted by Crippen LogP contribution is -2.25. The number of fused-ring (bicyclic) bond motifs is 1. The van der Waals surface area contributed by atoms with Crippen LogP contribution in [0.15, 0.2) is 0 Å². The molecule has 2 fully saturated rings. The molecule has 1 nitrogen and oxygen atoms in total. The first kappa shape index (κ1) is 9.85. The van der Waals surface area contributed by atoms with E-state index < -0.39 is 0 Å². The Morgan fingerprint density at radius 2 is 1.92 bits per heavy atom. The summed E-state index contributed by atoms with van der Waals surface area (Å²) in [4.78, 5) is 0. The van der Waals surface area contributed by atoms with Gasteiger partial charge >= 0.3 is 0 Å². The van der Waals surface area contributed by atoms with E-state index in [1.807, 2.05) is 11.8 Å². The highest BCUT2D eigenvalue weighted by atomic mass is 32.2. The maximum atomic E-state index is 10.5. The van der Waals surface area contributed by atoms with Crippen molar-refractivity contribution in [3.05, 3.63) is 0 Å². The van der Waals surface area contributed by atoms with Gasteiger partial charge < -0.3 is 5.11 Å². The zero-order valence-electron chi connectivity index (χ0n) is 8.62. The van der Waals surface area contributed by atoms with Crippen LogP contribution in [0.3, 0.4) is 0 Å². The molecule has 0 saturated heterocycles. The van der Waals surface area contributed by atoms with Gasteiger partial charge in [-0.15, -0.1) is 0 Å². The molecule has 2 rings (SSSR count). The number of hydrogen-bond donors (Lipinski definition) is 1. The third-order valence-corrected chi connectivity index (χ3v) is 4.88. The van der Waals surface area contributed by atoms with Crippen LogP contribution < -0.4 is 0 Å². The van der Waals surface area contributed by atoms with Gasteiger partial charge in [0.05, 0.1) is 5.60 Å². The fraction of sp³-hybridized carbons (Fsp3) is 1.00. The van der Waals surface area contributed by atoms with Crippen molar-refractivity contribution in [1.29, 1.82) is 0 Å². The van der Waals surface area contributed by atoms with Crippen LogP contribution >= 0.6 is 11.8 Å². The molecular weight excluding hydrogens is 180 g/mol. The standard InChI is InChI=1S/C11H20OS/c1-8(7-13-2)11(12)9-5-3-4-6-10(9)11/h8-10,12H,3-7H2,1-2H3. The molecule has 0 aliphatic heterocycles. The van der Waals surface area contributed by atoms with Gasteiger partial charge in [-0.3, -0.25) is 0 Å². The first-order valence-electron chi connectivity index (χ1n) is 5.42. The third-order valence-electron chi connectivity index (χ3n) is 4.05. The van der Waals surface area contributed by atoms with Crippen molar-refractivity contribution in [2.45, 2.75) is 38.2 Å². The topological polar surface area (TPSA) is 20.2 Å². The zero-order valence-corrected chi connectivity index (χ0v) is 9.44. The van der Waals surface area contributed by atoms with Crippen molar-refractivity contribution in [1.82, 2.24) is 0 Å². The lowest BCUT2D eigenvalue weighted by Gasteiger charge is -2.18. The van der Waals surface area contributed by atoms with E-state index in [4.69, 9.17) is 0 Å². The Labute approximate surface area is 85.3 Å². The van der Waals surface area contributed by atoms with Crippen LogP contribution in [-0.2, 0) is 0 Å². The average Bonchev–Trinajstić information content (AvgIpc) is 2.76. The Morgan fingerprint density at radius 3 is 2.38 bits per heavy atom. The van der Waals surface area contributed by atoms with Crippen LogP contribution in [0.2, 0.25) is 0 Å². The molecule has 76 valence electrons. The highest BCUT2D eigenvalue weighted by Gasteiger charge is 2.65. The van der Waals surface area contributed by atoms with Crippen molar-refractivity contribution < 1.29 is 5.11 Å². The van der Waals surface area contributed by atoms with Gasteiger partial charge in [0.15, 0.2) is 0 Å². The zero-order chi connectivity index (χ0) is 9.47. The maximum absolute atomic E-state index is 10.5. The van der Waals surface area contributed by atoms with Gasteiger partial charge in [-0.1, -0.05) is 19.8 Å². The second-order valence-electron chi connectivity index (χ2n) is 4.74. The molecule has 0 bridgehead atoms. The largest absolute Gasteiger partial charge is 0.389 e. The predicted octanol–water partition coefficient (Wildman–Crippen LogP) is 2.54. The summed E-state index contributed by atoms with van der Waals surface area (Å²) in [5.74, 6) is 2.92. The highest BCUT2D eigenvalue weighted by Crippen LogP contribution is 2.62. The second-order valence-corrected chi connectivity index (χ2v) is 5.65. The number of rotatable bonds is 3. The van der Waals surface area contributed by atoms with Gasteiger partial charge in [-0.05, 0) is 42.6 Å². The normalized spacial score (nSPS) is 45.5. The monoisotopic (exact) mass is 200 g/mol. The van der Waals surface area contributed by atoms with Crippen LogP contribution in [0.4, 0.5) is 0 Å². The first-order valence-corrected chi connectivity index (χ1v) is 6.82. The molecule has 0 radical (unpaired) electrons. The molecule has 1 N–H and O–H groups in total. The molecule has 2 aliphatic carbocycles. The lowest BCUT2D eigenvalue weighted by atomic mass is 10.0. The van der Waals surface area contributed by atoms with E-state index in [0.29, 0.717) is 17.8 Å². The maximum Gasteiger partial charge on any atom is 0.0744 e. The summed E-state index contributed by atoms with van der Waals surface area (Å²) in [7, 11) is 0. The molecule has 0 aromatic carbocycles. The lowest BCUT2D eigenvalue weighted by molar-refractivity contribution is 0.0715. The predicted molar refractivity (Wildman–Crippen MR) is 57.9 cm³/mol. The highest BCUT2D eigenvalue weighted by molar-refractivity contribution is 7.98. The molecule has 3 atom stereocenters. The summed E-state index contributed by atoms with van der Waals surface area (Å²) >= 11 is 1.86. The fourth-order valence-electron chi connectivity index (χ4n) is 3.25. The SMILES string of the molecule is CSCC(C)C1(O)C2CCCCC21. The number of thioether (sulfide) groups is 1. The van der Waals surface area contributed by atoms with Crippen LogP contribution in [0.1, 0.15) is 32.6 Å². The number of aliphatic hydroxyl groups is 1. The minimum absolute atomic E-state index is 0.264. The molecule has 3 unspecified atom stereocenters. The Kier molecular flexibility index (Phi) is 2.63. The molecule has 13 heavy (non-hydrogen) atoms. The molecule has 0 heterocycles.